The number of hydrogen-bond acceptors (Lipinski definition) is 2. The van der Waals surface area contributed by atoms with E-state index in [0.717, 1.165) is 29.4 Å². The van der Waals surface area contributed by atoms with Gasteiger partial charge in [0.15, 0.2) is 0 Å². The van der Waals surface area contributed by atoms with Gasteiger partial charge < -0.3 is 4.79 Å². The molecule has 0 saturated heterocycles. The molecule has 2 aromatic carbocycles. The third-order valence-electron chi connectivity index (χ3n) is 4.53. The van der Waals surface area contributed by atoms with Crippen molar-refractivity contribution in [2.24, 2.45) is 5.41 Å². The minimum absolute atomic E-state index is 0.0902. The Morgan fingerprint density at radius 3 is 2.57 bits per heavy atom. The van der Waals surface area contributed by atoms with Crippen LogP contribution in [0.15, 0.2) is 54.6 Å². The van der Waals surface area contributed by atoms with E-state index in [1.165, 1.54) is 0 Å². The van der Waals surface area contributed by atoms with Crippen molar-refractivity contribution in [2.75, 3.05) is 0 Å². The third kappa shape index (κ3) is 2.96. The first-order valence-electron chi connectivity index (χ1n) is 7.78. The topological polar surface area (TPSA) is 34.1 Å². The summed E-state index contributed by atoms with van der Waals surface area (Å²) in [6, 6.07) is 17.6. The first-order chi connectivity index (χ1) is 11.2. The molecule has 1 fully saturated rings. The van der Waals surface area contributed by atoms with Gasteiger partial charge in [-0.25, -0.2) is 0 Å². The number of ketones is 1. The Kier molecular flexibility index (Phi) is 4.12. The molecule has 1 aliphatic carbocycles. The van der Waals surface area contributed by atoms with Gasteiger partial charge in [-0.15, -0.1) is 0 Å². The lowest BCUT2D eigenvalue weighted by molar-refractivity contribution is -0.120. The second kappa shape index (κ2) is 6.22. The van der Waals surface area contributed by atoms with Crippen LogP contribution in [-0.4, -0.2) is 12.1 Å². The van der Waals surface area contributed by atoms with Crippen LogP contribution in [0, 0.1) is 17.3 Å². The number of Topliss-reactive ketones (excluding diaryl/α,β-unsaturated/α-hetero) is 1. The molecule has 2 heteroatoms. The zero-order chi connectivity index (χ0) is 16.3. The highest BCUT2D eigenvalue weighted by molar-refractivity contribution is 5.91. The normalized spacial score (nSPS) is 21.9. The maximum atomic E-state index is 12.2. The van der Waals surface area contributed by atoms with Crippen molar-refractivity contribution in [3.63, 3.8) is 0 Å². The SMILES string of the molecule is CC(=O)C1(C#Cc2ccccc2)CC1c1ccccc1CC=O. The number of rotatable bonds is 4. The summed E-state index contributed by atoms with van der Waals surface area (Å²) in [5.74, 6) is 6.55. The summed E-state index contributed by atoms with van der Waals surface area (Å²) >= 11 is 0. The summed E-state index contributed by atoms with van der Waals surface area (Å²) < 4.78 is 0. The van der Waals surface area contributed by atoms with E-state index >= 15 is 0 Å². The highest BCUT2D eigenvalue weighted by atomic mass is 16.1. The van der Waals surface area contributed by atoms with Crippen molar-refractivity contribution in [1.29, 1.82) is 0 Å². The molecule has 2 nitrogen and oxygen atoms in total. The molecule has 0 heterocycles. The fourth-order valence-corrected chi connectivity index (χ4v) is 3.11. The van der Waals surface area contributed by atoms with Gasteiger partial charge in [0.05, 0.1) is 5.41 Å². The van der Waals surface area contributed by atoms with Gasteiger partial charge in [0.2, 0.25) is 0 Å². The van der Waals surface area contributed by atoms with Gasteiger partial charge in [-0.2, -0.15) is 0 Å². The standard InChI is InChI=1S/C21H18O2/c1-16(23)21(13-11-17-7-3-2-4-8-17)15-20(21)19-10-6-5-9-18(19)12-14-22/h2-10,14,20H,12,15H2,1H3. The molecule has 3 rings (SSSR count). The molecular weight excluding hydrogens is 284 g/mol. The number of carbonyl (C=O) groups is 2. The Bertz CT molecular complexity index is 795. The maximum absolute atomic E-state index is 12.2. The van der Waals surface area contributed by atoms with Crippen LogP contribution in [0.1, 0.15) is 36.0 Å². The molecule has 0 N–H and O–H groups in total. The quantitative estimate of drug-likeness (QED) is 0.639. The summed E-state index contributed by atoms with van der Waals surface area (Å²) in [4.78, 5) is 23.1. The molecule has 0 bridgehead atoms. The second-order valence-corrected chi connectivity index (χ2v) is 5.97. The summed E-state index contributed by atoms with van der Waals surface area (Å²) in [6.45, 7) is 1.61. The lowest BCUT2D eigenvalue weighted by atomic mass is 9.92. The molecule has 2 aromatic rings. The molecule has 1 saturated carbocycles. The van der Waals surface area contributed by atoms with Crippen LogP contribution in [0.5, 0.6) is 0 Å². The van der Waals surface area contributed by atoms with Gasteiger partial charge in [-0.1, -0.05) is 54.3 Å². The number of hydrogen-bond donors (Lipinski definition) is 0. The zero-order valence-corrected chi connectivity index (χ0v) is 13.1. The maximum Gasteiger partial charge on any atom is 0.148 e. The molecule has 2 unspecified atom stereocenters. The molecule has 0 radical (unpaired) electrons. The van der Waals surface area contributed by atoms with Crippen LogP contribution >= 0.6 is 0 Å². The van der Waals surface area contributed by atoms with Crippen LogP contribution in [-0.2, 0) is 16.0 Å². The fraction of sp³-hybridized carbons (Fsp3) is 0.238. The lowest BCUT2D eigenvalue weighted by Gasteiger charge is -2.10. The van der Waals surface area contributed by atoms with Gasteiger partial charge in [0, 0.05) is 17.9 Å². The van der Waals surface area contributed by atoms with Crippen molar-refractivity contribution in [1.82, 2.24) is 0 Å². The van der Waals surface area contributed by atoms with Crippen LogP contribution in [0.25, 0.3) is 0 Å². The largest absolute Gasteiger partial charge is 0.303 e. The molecular formula is C21H18O2. The predicted molar refractivity (Wildman–Crippen MR) is 90.0 cm³/mol. The summed E-state index contributed by atoms with van der Waals surface area (Å²) in [5, 5.41) is 0. The Hall–Kier alpha value is -2.66. The molecule has 114 valence electrons. The first-order valence-corrected chi connectivity index (χ1v) is 7.78. The second-order valence-electron chi connectivity index (χ2n) is 5.97. The van der Waals surface area contributed by atoms with Gasteiger partial charge in [0.1, 0.15) is 12.1 Å². The number of carbonyl (C=O) groups excluding carboxylic acids is 2. The van der Waals surface area contributed by atoms with Gasteiger partial charge in [-0.05, 0) is 36.6 Å². The summed E-state index contributed by atoms with van der Waals surface area (Å²) in [7, 11) is 0. The van der Waals surface area contributed by atoms with Crippen molar-refractivity contribution in [3.8, 4) is 11.8 Å². The van der Waals surface area contributed by atoms with Gasteiger partial charge in [-0.3, -0.25) is 4.79 Å². The monoisotopic (exact) mass is 302 g/mol. The van der Waals surface area contributed by atoms with E-state index in [4.69, 9.17) is 0 Å². The molecule has 0 amide bonds. The van der Waals surface area contributed by atoms with E-state index in [1.807, 2.05) is 54.6 Å². The Labute approximate surface area is 136 Å². The molecule has 23 heavy (non-hydrogen) atoms. The van der Waals surface area contributed by atoms with Crippen LogP contribution < -0.4 is 0 Å². The zero-order valence-electron chi connectivity index (χ0n) is 13.1. The lowest BCUT2D eigenvalue weighted by Crippen LogP contribution is -2.13. The van der Waals surface area contributed by atoms with Gasteiger partial charge in [0.25, 0.3) is 0 Å². The van der Waals surface area contributed by atoms with Crippen molar-refractivity contribution >= 4 is 12.1 Å². The van der Waals surface area contributed by atoms with E-state index in [2.05, 4.69) is 11.8 Å². The van der Waals surface area contributed by atoms with Crippen LogP contribution in [0.2, 0.25) is 0 Å². The number of aldehydes is 1. The predicted octanol–water partition coefficient (Wildman–Crippen LogP) is 3.54. The van der Waals surface area contributed by atoms with Crippen LogP contribution in [0.4, 0.5) is 0 Å². The van der Waals surface area contributed by atoms with Gasteiger partial charge >= 0.3 is 0 Å². The Morgan fingerprint density at radius 2 is 1.87 bits per heavy atom. The van der Waals surface area contributed by atoms with E-state index < -0.39 is 5.41 Å². The minimum atomic E-state index is -0.602. The minimum Gasteiger partial charge on any atom is -0.303 e. The Balaban J connectivity index is 1.94. The third-order valence-corrected chi connectivity index (χ3v) is 4.53. The van der Waals surface area contributed by atoms with E-state index in [0.29, 0.717) is 6.42 Å². The van der Waals surface area contributed by atoms with Crippen molar-refractivity contribution in [2.45, 2.75) is 25.7 Å². The van der Waals surface area contributed by atoms with Crippen molar-refractivity contribution in [3.05, 3.63) is 71.3 Å². The Morgan fingerprint density at radius 1 is 1.17 bits per heavy atom. The van der Waals surface area contributed by atoms with E-state index in [-0.39, 0.29) is 11.7 Å². The average molecular weight is 302 g/mol. The highest BCUT2D eigenvalue weighted by Crippen LogP contribution is 2.60. The molecule has 0 aliphatic heterocycles. The molecule has 0 aromatic heterocycles. The molecule has 2 atom stereocenters. The smallest absolute Gasteiger partial charge is 0.148 e. The highest BCUT2D eigenvalue weighted by Gasteiger charge is 2.58. The first kappa shape index (κ1) is 15.2. The molecule has 1 aliphatic rings. The van der Waals surface area contributed by atoms with E-state index in [9.17, 15) is 9.59 Å². The van der Waals surface area contributed by atoms with E-state index in [1.54, 1.807) is 6.92 Å². The van der Waals surface area contributed by atoms with Crippen LogP contribution in [0.3, 0.4) is 0 Å². The average Bonchev–Trinajstić information content (AvgIpc) is 3.31. The summed E-state index contributed by atoms with van der Waals surface area (Å²) in [6.07, 6.45) is 2.02. The van der Waals surface area contributed by atoms with Crippen molar-refractivity contribution < 1.29 is 9.59 Å². The summed E-state index contributed by atoms with van der Waals surface area (Å²) in [5.41, 5.74) is 2.39. The molecule has 0 spiro atoms. The number of benzene rings is 2. The fourth-order valence-electron chi connectivity index (χ4n) is 3.11.